The Morgan fingerprint density at radius 1 is 1.21 bits per heavy atom. The van der Waals surface area contributed by atoms with Crippen LogP contribution in [0.1, 0.15) is 33.2 Å². The monoisotopic (exact) mass is 192 g/mol. The van der Waals surface area contributed by atoms with Crippen LogP contribution < -0.4 is 10.2 Å². The zero-order valence-electron chi connectivity index (χ0n) is 7.57. The third kappa shape index (κ3) is 1.74. The number of aryl methyl sites for hydroxylation is 1. The molecule has 4 heteroatoms. The van der Waals surface area contributed by atoms with Crippen molar-refractivity contribution in [3.63, 3.8) is 0 Å². The SMILES string of the molecule is CCc1cccc(C(=O)[O-])c1C(=O)[O-]. The Morgan fingerprint density at radius 3 is 2.29 bits per heavy atom. The van der Waals surface area contributed by atoms with Crippen molar-refractivity contribution in [2.24, 2.45) is 0 Å². The second-order valence-corrected chi connectivity index (χ2v) is 2.77. The first-order valence-corrected chi connectivity index (χ1v) is 4.12. The molecule has 0 saturated heterocycles. The summed E-state index contributed by atoms with van der Waals surface area (Å²) in [7, 11) is 0. The van der Waals surface area contributed by atoms with Crippen LogP contribution in [0.2, 0.25) is 0 Å². The van der Waals surface area contributed by atoms with E-state index in [0.29, 0.717) is 12.0 Å². The van der Waals surface area contributed by atoms with Gasteiger partial charge < -0.3 is 19.8 Å². The molecule has 0 aliphatic rings. The van der Waals surface area contributed by atoms with Crippen LogP contribution in [0.5, 0.6) is 0 Å². The van der Waals surface area contributed by atoms with Crippen molar-refractivity contribution in [2.75, 3.05) is 0 Å². The van der Waals surface area contributed by atoms with Gasteiger partial charge in [-0.2, -0.15) is 0 Å². The highest BCUT2D eigenvalue weighted by atomic mass is 16.4. The molecule has 0 atom stereocenters. The first-order valence-electron chi connectivity index (χ1n) is 4.12. The number of rotatable bonds is 3. The smallest absolute Gasteiger partial charge is 0.0724 e. The van der Waals surface area contributed by atoms with Gasteiger partial charge in [0, 0.05) is 11.1 Å². The van der Waals surface area contributed by atoms with Gasteiger partial charge in [-0.25, -0.2) is 0 Å². The number of carbonyl (C=O) groups excluding carboxylic acids is 2. The highest BCUT2D eigenvalue weighted by Crippen LogP contribution is 2.14. The third-order valence-corrected chi connectivity index (χ3v) is 1.96. The third-order valence-electron chi connectivity index (χ3n) is 1.96. The summed E-state index contributed by atoms with van der Waals surface area (Å²) in [5, 5.41) is 21.3. The predicted octanol–water partition coefficient (Wildman–Crippen LogP) is -1.02. The molecule has 0 fully saturated rings. The molecule has 0 radical (unpaired) electrons. The van der Waals surface area contributed by atoms with E-state index in [2.05, 4.69) is 0 Å². The fourth-order valence-corrected chi connectivity index (χ4v) is 1.31. The topological polar surface area (TPSA) is 80.3 Å². The summed E-state index contributed by atoms with van der Waals surface area (Å²) < 4.78 is 0. The van der Waals surface area contributed by atoms with Crippen molar-refractivity contribution < 1.29 is 19.8 Å². The molecule has 14 heavy (non-hydrogen) atoms. The molecule has 74 valence electrons. The lowest BCUT2D eigenvalue weighted by Gasteiger charge is -2.14. The van der Waals surface area contributed by atoms with Crippen molar-refractivity contribution in [1.29, 1.82) is 0 Å². The van der Waals surface area contributed by atoms with E-state index in [1.54, 1.807) is 13.0 Å². The van der Waals surface area contributed by atoms with Gasteiger partial charge in [-0.05, 0) is 12.0 Å². The van der Waals surface area contributed by atoms with Gasteiger partial charge in [-0.1, -0.05) is 25.1 Å². The number of carboxylic acids is 2. The summed E-state index contributed by atoms with van der Waals surface area (Å²) in [6.45, 7) is 1.74. The summed E-state index contributed by atoms with van der Waals surface area (Å²) in [5.74, 6) is -2.99. The minimum absolute atomic E-state index is 0.282. The van der Waals surface area contributed by atoms with Crippen LogP contribution in [-0.2, 0) is 6.42 Å². The lowest BCUT2D eigenvalue weighted by atomic mass is 9.99. The predicted molar refractivity (Wildman–Crippen MR) is 44.5 cm³/mol. The van der Waals surface area contributed by atoms with Crippen LogP contribution in [0, 0.1) is 0 Å². The maximum absolute atomic E-state index is 10.7. The van der Waals surface area contributed by atoms with Crippen LogP contribution >= 0.6 is 0 Å². The normalized spacial score (nSPS) is 9.79. The molecular formula is C10H8O4-2. The maximum atomic E-state index is 10.7. The number of hydrogen-bond donors (Lipinski definition) is 0. The standard InChI is InChI=1S/C10H10O4/c1-2-6-4-3-5-7(9(11)12)8(6)10(13)14/h3-5H,2H2,1H3,(H,11,12)(H,13,14)/p-2. The molecule has 0 aromatic heterocycles. The number of aromatic carboxylic acids is 2. The summed E-state index contributed by atoms with van der Waals surface area (Å²) in [6.07, 6.45) is 0.435. The quantitative estimate of drug-likeness (QED) is 0.613. The molecule has 1 aromatic rings. The number of carboxylic acid groups (broad SMARTS) is 2. The maximum Gasteiger partial charge on any atom is 0.0724 e. The number of benzene rings is 1. The highest BCUT2D eigenvalue weighted by molar-refractivity contribution is 6.01. The second-order valence-electron chi connectivity index (χ2n) is 2.77. The molecule has 0 spiro atoms. The zero-order chi connectivity index (χ0) is 10.7. The van der Waals surface area contributed by atoms with E-state index in [1.165, 1.54) is 12.1 Å². The van der Waals surface area contributed by atoms with E-state index < -0.39 is 11.9 Å². The molecule has 0 amide bonds. The average molecular weight is 192 g/mol. The van der Waals surface area contributed by atoms with E-state index in [4.69, 9.17) is 0 Å². The van der Waals surface area contributed by atoms with Gasteiger partial charge in [0.15, 0.2) is 0 Å². The van der Waals surface area contributed by atoms with E-state index >= 15 is 0 Å². The Hall–Kier alpha value is -1.84. The van der Waals surface area contributed by atoms with Crippen LogP contribution in [0.15, 0.2) is 18.2 Å². The molecule has 4 nitrogen and oxygen atoms in total. The molecule has 0 heterocycles. The first-order chi connectivity index (χ1) is 6.57. The van der Waals surface area contributed by atoms with Gasteiger partial charge in [-0.15, -0.1) is 0 Å². The van der Waals surface area contributed by atoms with Gasteiger partial charge >= 0.3 is 0 Å². The summed E-state index contributed by atoms with van der Waals surface area (Å²) >= 11 is 0. The summed E-state index contributed by atoms with van der Waals surface area (Å²) in [5.41, 5.74) is -0.175. The highest BCUT2D eigenvalue weighted by Gasteiger charge is 2.08. The molecule has 0 unspecified atom stereocenters. The van der Waals surface area contributed by atoms with E-state index in [9.17, 15) is 19.8 Å². The molecule has 0 bridgehead atoms. The molecular weight excluding hydrogens is 184 g/mol. The lowest BCUT2D eigenvalue weighted by Crippen LogP contribution is -2.31. The van der Waals surface area contributed by atoms with E-state index in [0.717, 1.165) is 0 Å². The second kappa shape index (κ2) is 3.91. The van der Waals surface area contributed by atoms with Gasteiger partial charge in [0.1, 0.15) is 0 Å². The Bertz CT molecular complexity index is 382. The first kappa shape index (κ1) is 10.2. The zero-order valence-corrected chi connectivity index (χ0v) is 7.57. The number of hydrogen-bond acceptors (Lipinski definition) is 4. The lowest BCUT2D eigenvalue weighted by molar-refractivity contribution is -0.259. The largest absolute Gasteiger partial charge is 0.545 e. The Balaban J connectivity index is 3.43. The van der Waals surface area contributed by atoms with E-state index in [-0.39, 0.29) is 11.1 Å². The van der Waals surface area contributed by atoms with Crippen LogP contribution in [0.3, 0.4) is 0 Å². The molecule has 0 aliphatic carbocycles. The summed E-state index contributed by atoms with van der Waals surface area (Å²) in [6, 6.07) is 4.23. The Morgan fingerprint density at radius 2 is 1.86 bits per heavy atom. The molecule has 0 N–H and O–H groups in total. The average Bonchev–Trinajstić information content (AvgIpc) is 2.16. The van der Waals surface area contributed by atoms with E-state index in [1.807, 2.05) is 0 Å². The summed E-state index contributed by atoms with van der Waals surface area (Å²) in [4.78, 5) is 21.3. The van der Waals surface area contributed by atoms with Crippen molar-refractivity contribution in [3.8, 4) is 0 Å². The van der Waals surface area contributed by atoms with Gasteiger partial charge in [0.25, 0.3) is 0 Å². The Labute approximate surface area is 80.8 Å². The van der Waals surface area contributed by atoms with Gasteiger partial charge in [-0.3, -0.25) is 0 Å². The van der Waals surface area contributed by atoms with Gasteiger partial charge in [0.2, 0.25) is 0 Å². The van der Waals surface area contributed by atoms with Crippen molar-refractivity contribution in [1.82, 2.24) is 0 Å². The minimum atomic E-state index is -1.50. The number of carbonyl (C=O) groups is 2. The van der Waals surface area contributed by atoms with Crippen molar-refractivity contribution in [3.05, 3.63) is 34.9 Å². The Kier molecular flexibility index (Phi) is 2.86. The molecule has 0 aliphatic heterocycles. The van der Waals surface area contributed by atoms with Crippen LogP contribution in [-0.4, -0.2) is 11.9 Å². The molecule has 0 saturated carbocycles. The van der Waals surface area contributed by atoms with Crippen molar-refractivity contribution >= 4 is 11.9 Å². The van der Waals surface area contributed by atoms with Crippen LogP contribution in [0.25, 0.3) is 0 Å². The van der Waals surface area contributed by atoms with Gasteiger partial charge in [0.05, 0.1) is 11.9 Å². The van der Waals surface area contributed by atoms with Crippen LogP contribution in [0.4, 0.5) is 0 Å². The fourth-order valence-electron chi connectivity index (χ4n) is 1.31. The van der Waals surface area contributed by atoms with Crippen molar-refractivity contribution in [2.45, 2.75) is 13.3 Å². The fraction of sp³-hybridized carbons (Fsp3) is 0.200. The molecule has 1 aromatic carbocycles. The minimum Gasteiger partial charge on any atom is -0.545 e. The molecule has 1 rings (SSSR count).